The van der Waals surface area contributed by atoms with Crippen LogP contribution in [-0.4, -0.2) is 43.4 Å². The fourth-order valence-electron chi connectivity index (χ4n) is 3.09. The average Bonchev–Trinajstić information content (AvgIpc) is 3.46. The number of ether oxygens (including phenoxy) is 1. The molecule has 0 radical (unpaired) electrons. The molecule has 0 aliphatic heterocycles. The smallest absolute Gasteiger partial charge is 0.271 e. The Bertz CT molecular complexity index is 1350. The Balaban J connectivity index is 1.29. The number of halogens is 2. The lowest BCUT2D eigenvalue weighted by Crippen LogP contribution is -2.26. The van der Waals surface area contributed by atoms with Gasteiger partial charge in [0.05, 0.1) is 17.3 Å². The van der Waals surface area contributed by atoms with E-state index in [0.717, 1.165) is 22.8 Å². The zero-order valence-corrected chi connectivity index (χ0v) is 19.5. The van der Waals surface area contributed by atoms with Crippen molar-refractivity contribution in [3.8, 4) is 5.75 Å². The number of sulfonamides is 1. The summed E-state index contributed by atoms with van der Waals surface area (Å²) in [5, 5.41) is 23.1. The first-order chi connectivity index (χ1) is 15.8. The molecule has 33 heavy (non-hydrogen) atoms. The molecule has 0 aliphatic carbocycles. The van der Waals surface area contributed by atoms with Crippen molar-refractivity contribution in [1.82, 2.24) is 15.5 Å². The normalized spacial score (nSPS) is 12.7. The third kappa shape index (κ3) is 5.63. The molecule has 2 heterocycles. The van der Waals surface area contributed by atoms with E-state index in [1.807, 2.05) is 6.07 Å². The second-order valence-corrected chi connectivity index (χ2v) is 10.3. The monoisotopic (exact) mass is 510 g/mol. The summed E-state index contributed by atoms with van der Waals surface area (Å²) in [5.74, 6) is -0.100. The number of thiophene rings is 1. The van der Waals surface area contributed by atoms with E-state index in [1.165, 1.54) is 18.2 Å². The standard InChI is InChI=1S/C21H20ClFN4O4S2/c22-21-15-5-4-14(11-17(15)25-26-21)31-8-7-24-12-19(28)13-3-6-16(23)18(10-13)27-33(29,30)20-2-1-9-32-20/h1-6,9-11,19,24,27-28H,7-8,12H2,(H,25,26). The number of aliphatic hydroxyl groups excluding tert-OH is 1. The van der Waals surface area contributed by atoms with Crippen molar-refractivity contribution in [3.63, 3.8) is 0 Å². The van der Waals surface area contributed by atoms with Crippen LogP contribution in [0, 0.1) is 5.82 Å². The molecular formula is C21H20ClFN4O4S2. The molecule has 0 spiro atoms. The van der Waals surface area contributed by atoms with Crippen LogP contribution < -0.4 is 14.8 Å². The molecule has 8 nitrogen and oxygen atoms in total. The number of aliphatic hydroxyl groups is 1. The van der Waals surface area contributed by atoms with Gasteiger partial charge in [0, 0.05) is 24.5 Å². The number of rotatable bonds is 10. The highest BCUT2D eigenvalue weighted by Gasteiger charge is 2.19. The van der Waals surface area contributed by atoms with E-state index >= 15 is 0 Å². The fourth-order valence-corrected chi connectivity index (χ4v) is 5.34. The number of aromatic amines is 1. The molecule has 174 valence electrons. The predicted octanol–water partition coefficient (Wildman–Crippen LogP) is 3.92. The van der Waals surface area contributed by atoms with Gasteiger partial charge < -0.3 is 15.2 Å². The molecule has 4 rings (SSSR count). The SMILES string of the molecule is O=S(=O)(Nc1cc(C(O)CNCCOc2ccc3c(Cl)[nH]nc3c2)ccc1F)c1cccs1. The summed E-state index contributed by atoms with van der Waals surface area (Å²) >= 11 is 7.00. The number of aromatic nitrogens is 2. The topological polar surface area (TPSA) is 116 Å². The van der Waals surface area contributed by atoms with Gasteiger partial charge in [-0.15, -0.1) is 11.3 Å². The molecule has 2 aromatic heterocycles. The molecule has 4 aromatic rings. The number of nitrogens with zero attached hydrogens (tertiary/aromatic N) is 1. The number of H-pyrrole nitrogens is 1. The summed E-state index contributed by atoms with van der Waals surface area (Å²) in [5.41, 5.74) is 0.842. The highest BCUT2D eigenvalue weighted by atomic mass is 35.5. The van der Waals surface area contributed by atoms with Crippen molar-refractivity contribution < 1.29 is 22.7 Å². The highest BCUT2D eigenvalue weighted by Crippen LogP contribution is 2.26. The molecule has 0 saturated carbocycles. The summed E-state index contributed by atoms with van der Waals surface area (Å²) in [6.45, 7) is 0.946. The van der Waals surface area contributed by atoms with Crippen molar-refractivity contribution in [2.45, 2.75) is 10.3 Å². The predicted molar refractivity (Wildman–Crippen MR) is 126 cm³/mol. The van der Waals surface area contributed by atoms with Crippen molar-refractivity contribution in [1.29, 1.82) is 0 Å². The van der Waals surface area contributed by atoms with Crippen LogP contribution in [0.25, 0.3) is 10.9 Å². The Morgan fingerprint density at radius 1 is 1.24 bits per heavy atom. The lowest BCUT2D eigenvalue weighted by atomic mass is 10.1. The van der Waals surface area contributed by atoms with Gasteiger partial charge in [-0.2, -0.15) is 5.10 Å². The van der Waals surface area contributed by atoms with Gasteiger partial charge in [0.15, 0.2) is 0 Å². The quantitative estimate of drug-likeness (QED) is 0.240. The summed E-state index contributed by atoms with van der Waals surface area (Å²) < 4.78 is 46.9. The van der Waals surface area contributed by atoms with Crippen molar-refractivity contribution in [2.75, 3.05) is 24.4 Å². The first-order valence-electron chi connectivity index (χ1n) is 9.84. The van der Waals surface area contributed by atoms with Gasteiger partial charge in [0.2, 0.25) is 0 Å². The maximum atomic E-state index is 14.2. The van der Waals surface area contributed by atoms with E-state index in [-0.39, 0.29) is 16.4 Å². The van der Waals surface area contributed by atoms with Gasteiger partial charge in [0.25, 0.3) is 10.0 Å². The van der Waals surface area contributed by atoms with Gasteiger partial charge in [-0.25, -0.2) is 12.8 Å². The zero-order valence-electron chi connectivity index (χ0n) is 17.1. The first-order valence-corrected chi connectivity index (χ1v) is 12.6. The van der Waals surface area contributed by atoms with Gasteiger partial charge in [-0.3, -0.25) is 9.82 Å². The number of benzene rings is 2. The Morgan fingerprint density at radius 2 is 2.09 bits per heavy atom. The molecule has 0 amide bonds. The van der Waals surface area contributed by atoms with E-state index in [1.54, 1.807) is 23.6 Å². The molecule has 0 fully saturated rings. The number of fused-ring (bicyclic) bond motifs is 1. The van der Waals surface area contributed by atoms with E-state index in [4.69, 9.17) is 16.3 Å². The van der Waals surface area contributed by atoms with E-state index in [0.29, 0.717) is 35.1 Å². The van der Waals surface area contributed by atoms with Crippen molar-refractivity contribution in [2.24, 2.45) is 0 Å². The molecule has 1 atom stereocenters. The third-order valence-corrected chi connectivity index (χ3v) is 7.80. The van der Waals surface area contributed by atoms with E-state index in [2.05, 4.69) is 20.2 Å². The van der Waals surface area contributed by atoms with Gasteiger partial charge in [-0.1, -0.05) is 23.7 Å². The van der Waals surface area contributed by atoms with Crippen LogP contribution in [0.4, 0.5) is 10.1 Å². The Morgan fingerprint density at radius 3 is 2.88 bits per heavy atom. The van der Waals surface area contributed by atoms with Crippen LogP contribution in [0.15, 0.2) is 58.1 Å². The maximum absolute atomic E-state index is 14.2. The largest absolute Gasteiger partial charge is 0.492 e. The number of anilines is 1. The number of nitrogens with one attached hydrogen (secondary N) is 3. The average molecular weight is 511 g/mol. The summed E-state index contributed by atoms with van der Waals surface area (Å²) in [6.07, 6.45) is -0.974. The van der Waals surface area contributed by atoms with Gasteiger partial charge in [0.1, 0.15) is 27.5 Å². The number of hydrogen-bond acceptors (Lipinski definition) is 7. The van der Waals surface area contributed by atoms with Crippen molar-refractivity contribution in [3.05, 3.63) is 70.4 Å². The maximum Gasteiger partial charge on any atom is 0.271 e. The third-order valence-electron chi connectivity index (χ3n) is 4.74. The van der Waals surface area contributed by atoms with E-state index < -0.39 is 21.9 Å². The minimum atomic E-state index is -3.90. The zero-order chi connectivity index (χ0) is 23.4. The Hall–Kier alpha value is -2.70. The van der Waals surface area contributed by atoms with Crippen LogP contribution in [0.5, 0.6) is 5.75 Å². The van der Waals surface area contributed by atoms with Crippen LogP contribution in [0.2, 0.25) is 5.15 Å². The van der Waals surface area contributed by atoms with Crippen LogP contribution >= 0.6 is 22.9 Å². The highest BCUT2D eigenvalue weighted by molar-refractivity contribution is 7.94. The number of hydrogen-bond donors (Lipinski definition) is 4. The second kappa shape index (κ2) is 10.1. The fraction of sp³-hybridized carbons (Fsp3) is 0.190. The second-order valence-electron chi connectivity index (χ2n) is 7.06. The Kier molecular flexibility index (Phi) is 7.15. The first kappa shape index (κ1) is 23.5. The molecule has 2 aromatic carbocycles. The van der Waals surface area contributed by atoms with E-state index in [9.17, 15) is 17.9 Å². The lowest BCUT2D eigenvalue weighted by molar-refractivity contribution is 0.172. The molecule has 0 bridgehead atoms. The van der Waals surface area contributed by atoms with Crippen LogP contribution in [-0.2, 0) is 10.0 Å². The molecular weight excluding hydrogens is 491 g/mol. The molecule has 1 unspecified atom stereocenters. The van der Waals surface area contributed by atoms with Crippen LogP contribution in [0.1, 0.15) is 11.7 Å². The molecule has 0 aliphatic rings. The summed E-state index contributed by atoms with van der Waals surface area (Å²) in [4.78, 5) is 0. The molecule has 12 heteroatoms. The minimum absolute atomic E-state index is 0.0732. The summed E-state index contributed by atoms with van der Waals surface area (Å²) in [6, 6.07) is 12.2. The minimum Gasteiger partial charge on any atom is -0.492 e. The van der Waals surface area contributed by atoms with Gasteiger partial charge >= 0.3 is 0 Å². The van der Waals surface area contributed by atoms with Crippen molar-refractivity contribution >= 4 is 49.6 Å². The molecule has 4 N–H and O–H groups in total. The Labute approximate surface area is 198 Å². The summed E-state index contributed by atoms with van der Waals surface area (Å²) in [7, 11) is -3.90. The van der Waals surface area contributed by atoms with Crippen LogP contribution in [0.3, 0.4) is 0 Å². The van der Waals surface area contributed by atoms with Gasteiger partial charge in [-0.05, 0) is 41.3 Å². The lowest BCUT2D eigenvalue weighted by Gasteiger charge is -2.15. The molecule has 0 saturated heterocycles.